The molecule has 2 heteroatoms. The maximum absolute atomic E-state index is 13.1. The van der Waals surface area contributed by atoms with E-state index in [1.54, 1.807) is 6.20 Å². The highest BCUT2D eigenvalue weighted by molar-refractivity contribution is 6.12. The second-order valence-corrected chi connectivity index (χ2v) is 6.03. The third-order valence-electron chi connectivity index (χ3n) is 4.24. The van der Waals surface area contributed by atoms with Crippen molar-refractivity contribution >= 4 is 22.8 Å². The molecule has 0 N–H and O–H groups in total. The van der Waals surface area contributed by atoms with Gasteiger partial charge in [0.05, 0.1) is 5.52 Å². The molecule has 1 atom stereocenters. The number of carbonyl (C=O) groups is 1. The van der Waals surface area contributed by atoms with E-state index < -0.39 is 0 Å². The van der Waals surface area contributed by atoms with Crippen molar-refractivity contribution in [1.82, 2.24) is 4.98 Å². The van der Waals surface area contributed by atoms with Gasteiger partial charge in [-0.3, -0.25) is 9.78 Å². The zero-order chi connectivity index (χ0) is 17.6. The summed E-state index contributed by atoms with van der Waals surface area (Å²) < 4.78 is 0. The molecular weight excluding hydrogens is 306 g/mol. The van der Waals surface area contributed by atoms with Crippen LogP contribution in [0.25, 0.3) is 17.0 Å². The van der Waals surface area contributed by atoms with Crippen molar-refractivity contribution in [2.24, 2.45) is 5.92 Å². The average Bonchev–Trinajstić information content (AvgIpc) is 2.66. The van der Waals surface area contributed by atoms with Crippen molar-refractivity contribution < 1.29 is 4.79 Å². The zero-order valence-electron chi connectivity index (χ0n) is 14.5. The van der Waals surface area contributed by atoms with Crippen LogP contribution in [0.2, 0.25) is 0 Å². The van der Waals surface area contributed by atoms with E-state index in [-0.39, 0.29) is 11.7 Å². The molecule has 0 bridgehead atoms. The minimum atomic E-state index is 0.0247. The average molecular weight is 327 g/mol. The monoisotopic (exact) mass is 327 g/mol. The third-order valence-corrected chi connectivity index (χ3v) is 4.24. The van der Waals surface area contributed by atoms with Crippen LogP contribution in [-0.4, -0.2) is 10.8 Å². The van der Waals surface area contributed by atoms with Gasteiger partial charge >= 0.3 is 0 Å². The van der Waals surface area contributed by atoms with Gasteiger partial charge in [-0.25, -0.2) is 0 Å². The van der Waals surface area contributed by atoms with Gasteiger partial charge < -0.3 is 0 Å². The molecule has 3 aromatic rings. The molecule has 0 saturated heterocycles. The number of carbonyl (C=O) groups excluding carboxylic acids is 1. The Morgan fingerprint density at radius 3 is 2.52 bits per heavy atom. The molecule has 0 aliphatic carbocycles. The van der Waals surface area contributed by atoms with E-state index in [0.717, 1.165) is 22.0 Å². The van der Waals surface area contributed by atoms with E-state index in [1.807, 2.05) is 92.7 Å². The van der Waals surface area contributed by atoms with Crippen LogP contribution < -0.4 is 0 Å². The van der Waals surface area contributed by atoms with Crippen molar-refractivity contribution in [2.45, 2.75) is 13.8 Å². The molecule has 124 valence electrons. The van der Waals surface area contributed by atoms with Gasteiger partial charge in [-0.1, -0.05) is 73.7 Å². The lowest BCUT2D eigenvalue weighted by molar-refractivity contribution is 0.102. The summed E-state index contributed by atoms with van der Waals surface area (Å²) in [4.78, 5) is 17.6. The molecule has 0 saturated carbocycles. The van der Waals surface area contributed by atoms with Crippen LogP contribution in [0.4, 0.5) is 0 Å². The fraction of sp³-hybridized carbons (Fsp3) is 0.130. The first-order valence-electron chi connectivity index (χ1n) is 8.48. The molecule has 3 rings (SSSR count). The molecular formula is C23H21NO. The number of allylic oxidation sites excluding steroid dienone is 3. The summed E-state index contributed by atoms with van der Waals surface area (Å²) in [6.45, 7) is 4.02. The predicted octanol–water partition coefficient (Wildman–Crippen LogP) is 5.71. The number of aromatic nitrogens is 1. The van der Waals surface area contributed by atoms with E-state index in [4.69, 9.17) is 0 Å². The summed E-state index contributed by atoms with van der Waals surface area (Å²) in [5.41, 5.74) is 3.35. The van der Waals surface area contributed by atoms with Gasteiger partial charge in [0.15, 0.2) is 5.78 Å². The lowest BCUT2D eigenvalue weighted by atomic mass is 9.90. The predicted molar refractivity (Wildman–Crippen MR) is 104 cm³/mol. The minimum Gasteiger partial charge on any atom is -0.289 e. The van der Waals surface area contributed by atoms with Gasteiger partial charge in [0.2, 0.25) is 0 Å². The topological polar surface area (TPSA) is 30.0 Å². The van der Waals surface area contributed by atoms with Crippen LogP contribution in [0.15, 0.2) is 84.6 Å². The van der Waals surface area contributed by atoms with Gasteiger partial charge in [0, 0.05) is 34.2 Å². The molecule has 1 heterocycles. The lowest BCUT2D eigenvalue weighted by Crippen LogP contribution is -2.10. The SMILES string of the molecule is CC=CC(C)C(=Cc1cccc2cccnc12)C(=O)c1ccccc1. The van der Waals surface area contributed by atoms with Crippen molar-refractivity contribution in [1.29, 1.82) is 0 Å². The number of para-hydroxylation sites is 1. The van der Waals surface area contributed by atoms with Crippen LogP contribution in [0.1, 0.15) is 29.8 Å². The van der Waals surface area contributed by atoms with Crippen molar-refractivity contribution in [3.8, 4) is 0 Å². The number of hydrogen-bond donors (Lipinski definition) is 0. The molecule has 0 aliphatic heterocycles. The summed E-state index contributed by atoms with van der Waals surface area (Å²) in [5, 5.41) is 1.07. The third kappa shape index (κ3) is 3.74. The summed E-state index contributed by atoms with van der Waals surface area (Å²) >= 11 is 0. The highest BCUT2D eigenvalue weighted by Crippen LogP contribution is 2.25. The second-order valence-electron chi connectivity index (χ2n) is 6.03. The van der Waals surface area contributed by atoms with E-state index in [9.17, 15) is 4.79 Å². The molecule has 0 aliphatic rings. The standard InChI is InChI=1S/C23H21NO/c1-3-9-17(2)21(23(25)19-10-5-4-6-11-19)16-20-13-7-12-18-14-8-15-24-22(18)20/h3-17H,1-2H3. The van der Waals surface area contributed by atoms with Gasteiger partial charge in [0.25, 0.3) is 0 Å². The number of nitrogens with zero attached hydrogens (tertiary/aromatic N) is 1. The number of pyridine rings is 1. The zero-order valence-corrected chi connectivity index (χ0v) is 14.5. The molecule has 1 unspecified atom stereocenters. The first-order chi connectivity index (χ1) is 12.2. The summed E-state index contributed by atoms with van der Waals surface area (Å²) in [6, 6.07) is 19.4. The summed E-state index contributed by atoms with van der Waals surface area (Å²) in [6.07, 6.45) is 7.80. The summed E-state index contributed by atoms with van der Waals surface area (Å²) in [7, 11) is 0. The number of fused-ring (bicyclic) bond motifs is 1. The number of hydrogen-bond acceptors (Lipinski definition) is 2. The van der Waals surface area contributed by atoms with Crippen LogP contribution in [0.5, 0.6) is 0 Å². The second kappa shape index (κ2) is 7.71. The van der Waals surface area contributed by atoms with E-state index in [2.05, 4.69) is 4.98 Å². The number of benzene rings is 2. The Labute approximate surface area is 148 Å². The van der Waals surface area contributed by atoms with Crippen LogP contribution in [0, 0.1) is 5.92 Å². The van der Waals surface area contributed by atoms with E-state index >= 15 is 0 Å². The first kappa shape index (κ1) is 16.8. The smallest absolute Gasteiger partial charge is 0.189 e. The summed E-state index contributed by atoms with van der Waals surface area (Å²) in [5.74, 6) is 0.0795. The molecule has 0 spiro atoms. The Kier molecular flexibility index (Phi) is 5.20. The lowest BCUT2D eigenvalue weighted by Gasteiger charge is -2.13. The van der Waals surface area contributed by atoms with Crippen LogP contribution >= 0.6 is 0 Å². The molecule has 0 fully saturated rings. The Hall–Kier alpha value is -3.00. The fourth-order valence-corrected chi connectivity index (χ4v) is 2.96. The Morgan fingerprint density at radius 1 is 1.00 bits per heavy atom. The van der Waals surface area contributed by atoms with Crippen molar-refractivity contribution in [3.63, 3.8) is 0 Å². The molecule has 25 heavy (non-hydrogen) atoms. The van der Waals surface area contributed by atoms with Crippen molar-refractivity contribution in [3.05, 3.63) is 95.7 Å². The molecule has 0 radical (unpaired) electrons. The van der Waals surface area contributed by atoms with Gasteiger partial charge in [-0.2, -0.15) is 0 Å². The fourth-order valence-electron chi connectivity index (χ4n) is 2.96. The van der Waals surface area contributed by atoms with Crippen LogP contribution in [0.3, 0.4) is 0 Å². The Bertz CT molecular complexity index is 933. The van der Waals surface area contributed by atoms with E-state index in [0.29, 0.717) is 5.56 Å². The number of rotatable bonds is 5. The van der Waals surface area contributed by atoms with Crippen molar-refractivity contribution in [2.75, 3.05) is 0 Å². The molecule has 1 aromatic heterocycles. The minimum absolute atomic E-state index is 0.0247. The van der Waals surface area contributed by atoms with Gasteiger partial charge in [-0.15, -0.1) is 0 Å². The quantitative estimate of drug-likeness (QED) is 0.341. The maximum atomic E-state index is 13.1. The molecule has 0 amide bonds. The highest BCUT2D eigenvalue weighted by Gasteiger charge is 2.17. The number of Topliss-reactive ketones (excluding diaryl/α,β-unsaturated/α-hetero) is 1. The van der Waals surface area contributed by atoms with E-state index in [1.165, 1.54) is 0 Å². The first-order valence-corrected chi connectivity index (χ1v) is 8.48. The molecule has 2 nitrogen and oxygen atoms in total. The molecule has 2 aromatic carbocycles. The number of ketones is 1. The Morgan fingerprint density at radius 2 is 1.76 bits per heavy atom. The highest BCUT2D eigenvalue weighted by atomic mass is 16.1. The Balaban J connectivity index is 2.13. The van der Waals surface area contributed by atoms with Crippen LogP contribution in [-0.2, 0) is 0 Å². The maximum Gasteiger partial charge on any atom is 0.189 e. The van der Waals surface area contributed by atoms with Gasteiger partial charge in [-0.05, 0) is 19.1 Å². The van der Waals surface area contributed by atoms with Gasteiger partial charge in [0.1, 0.15) is 0 Å². The largest absolute Gasteiger partial charge is 0.289 e. The normalized spacial score (nSPS) is 13.3.